The predicted octanol–water partition coefficient (Wildman–Crippen LogP) is -1.51. The van der Waals surface area contributed by atoms with Crippen molar-refractivity contribution in [3.05, 3.63) is 21.4 Å². The summed E-state index contributed by atoms with van der Waals surface area (Å²) >= 11 is 3.17. The summed E-state index contributed by atoms with van der Waals surface area (Å²) in [6, 6.07) is 0. The Morgan fingerprint density at radius 3 is 2.85 bits per heavy atom. The summed E-state index contributed by atoms with van der Waals surface area (Å²) < 4.78 is 6.98. The number of aromatic nitrogens is 4. The van der Waals surface area contributed by atoms with Crippen LogP contribution in [-0.2, 0) is 4.74 Å². The lowest BCUT2D eigenvalue weighted by Gasteiger charge is -2.17. The molecule has 0 aromatic carbocycles. The molecular formula is C10H11BrN4O5. The van der Waals surface area contributed by atoms with E-state index in [4.69, 9.17) is 9.84 Å². The molecule has 3 heterocycles. The molecule has 0 spiro atoms. The number of nitrogens with zero attached hydrogens (tertiary/aromatic N) is 3. The molecule has 1 fully saturated rings. The molecular weight excluding hydrogens is 336 g/mol. The number of ether oxygens (including phenoxy) is 1. The fourth-order valence-corrected chi connectivity index (χ4v) is 2.76. The van der Waals surface area contributed by atoms with Gasteiger partial charge in [0.2, 0.25) is 0 Å². The van der Waals surface area contributed by atoms with Crippen molar-refractivity contribution in [2.45, 2.75) is 24.5 Å². The van der Waals surface area contributed by atoms with Crippen LogP contribution in [0.4, 0.5) is 0 Å². The first-order valence-electron chi connectivity index (χ1n) is 5.78. The van der Waals surface area contributed by atoms with Crippen molar-refractivity contribution in [3.8, 4) is 0 Å². The van der Waals surface area contributed by atoms with Gasteiger partial charge in [-0.25, -0.2) is 9.97 Å². The molecule has 1 aliphatic heterocycles. The van der Waals surface area contributed by atoms with E-state index in [1.165, 1.54) is 10.9 Å². The zero-order chi connectivity index (χ0) is 14.4. The Morgan fingerprint density at radius 2 is 2.20 bits per heavy atom. The van der Waals surface area contributed by atoms with Crippen LogP contribution in [0.25, 0.3) is 11.2 Å². The van der Waals surface area contributed by atoms with E-state index in [1.54, 1.807) is 0 Å². The zero-order valence-corrected chi connectivity index (χ0v) is 11.6. The fraction of sp³-hybridized carbons (Fsp3) is 0.500. The molecule has 0 radical (unpaired) electrons. The fourth-order valence-electron chi connectivity index (χ4n) is 2.21. The number of imidazole rings is 1. The number of nitrogens with one attached hydrogen (secondary N) is 1. The van der Waals surface area contributed by atoms with Gasteiger partial charge in [0.1, 0.15) is 18.3 Å². The van der Waals surface area contributed by atoms with Gasteiger partial charge >= 0.3 is 0 Å². The number of aliphatic hydroxyl groups is 3. The van der Waals surface area contributed by atoms with E-state index < -0.39 is 36.7 Å². The number of fused-ring (bicyclic) bond motifs is 1. The van der Waals surface area contributed by atoms with Gasteiger partial charge in [-0.3, -0.25) is 9.36 Å². The second-order valence-electron chi connectivity index (χ2n) is 4.38. The van der Waals surface area contributed by atoms with Crippen molar-refractivity contribution in [1.29, 1.82) is 0 Å². The Hall–Kier alpha value is -1.33. The van der Waals surface area contributed by atoms with Gasteiger partial charge in [-0.15, -0.1) is 0 Å². The maximum atomic E-state index is 11.6. The number of H-pyrrole nitrogens is 1. The van der Waals surface area contributed by atoms with Gasteiger partial charge in [0, 0.05) is 0 Å². The van der Waals surface area contributed by atoms with Crippen LogP contribution >= 0.6 is 15.9 Å². The summed E-state index contributed by atoms with van der Waals surface area (Å²) in [5.74, 6) is 0. The second-order valence-corrected chi connectivity index (χ2v) is 5.09. The minimum Gasteiger partial charge on any atom is -0.394 e. The summed E-state index contributed by atoms with van der Waals surface area (Å²) in [5.41, 5.74) is -0.145. The van der Waals surface area contributed by atoms with Gasteiger partial charge in [-0.2, -0.15) is 0 Å². The Kier molecular flexibility index (Phi) is 3.34. The molecule has 4 atom stereocenters. The Balaban J connectivity index is 2.14. The minimum absolute atomic E-state index is 0.0807. The largest absolute Gasteiger partial charge is 0.394 e. The molecule has 0 bridgehead atoms. The molecule has 0 unspecified atom stereocenters. The third-order valence-corrected chi connectivity index (χ3v) is 3.77. The van der Waals surface area contributed by atoms with Crippen molar-refractivity contribution in [2.75, 3.05) is 6.61 Å². The molecule has 3 rings (SSSR count). The molecule has 2 aromatic rings. The topological polar surface area (TPSA) is 133 Å². The van der Waals surface area contributed by atoms with Crippen molar-refractivity contribution >= 4 is 27.1 Å². The first-order chi connectivity index (χ1) is 9.54. The van der Waals surface area contributed by atoms with Crippen LogP contribution in [-0.4, -0.2) is 59.8 Å². The summed E-state index contributed by atoms with van der Waals surface area (Å²) in [6.07, 6.45) is -3.23. The van der Waals surface area contributed by atoms with E-state index in [0.29, 0.717) is 0 Å². The molecule has 4 N–H and O–H groups in total. The van der Waals surface area contributed by atoms with Gasteiger partial charge in [0.15, 0.2) is 22.1 Å². The van der Waals surface area contributed by atoms with Crippen LogP contribution in [0.2, 0.25) is 0 Å². The predicted molar refractivity (Wildman–Crippen MR) is 68.9 cm³/mol. The first-order valence-corrected chi connectivity index (χ1v) is 6.57. The Bertz CT molecular complexity index is 701. The maximum Gasteiger partial charge on any atom is 0.278 e. The van der Waals surface area contributed by atoms with Crippen LogP contribution in [0.3, 0.4) is 0 Å². The van der Waals surface area contributed by atoms with E-state index in [2.05, 4.69) is 30.9 Å². The van der Waals surface area contributed by atoms with Gasteiger partial charge in [-0.05, 0) is 15.9 Å². The standard InChI is InChI=1S/C10H11BrN4O5/c11-10-14-4-7(12-2-13-8(4)19)15(10)9-6(18)5(17)3(1-16)20-9/h2-3,5-6,9,16-18H,1H2,(H,12,13,19)/t3-,5-,6+,9+/m1/s1. The highest BCUT2D eigenvalue weighted by atomic mass is 79.9. The Labute approximate surface area is 120 Å². The molecule has 0 saturated carbocycles. The molecule has 1 aliphatic rings. The average Bonchev–Trinajstić information content (AvgIpc) is 2.90. The van der Waals surface area contributed by atoms with E-state index in [9.17, 15) is 15.0 Å². The molecule has 108 valence electrons. The number of rotatable bonds is 2. The SMILES string of the molecule is O=c1[nH]cnc2c1nc(Br)n2[C@H]1O[C@H](CO)[C@@H](O)[C@@H]1O. The lowest BCUT2D eigenvalue weighted by Crippen LogP contribution is -2.33. The first kappa shape index (κ1) is 13.6. The highest BCUT2D eigenvalue weighted by Crippen LogP contribution is 2.33. The lowest BCUT2D eigenvalue weighted by atomic mass is 10.1. The van der Waals surface area contributed by atoms with E-state index in [-0.39, 0.29) is 15.9 Å². The Morgan fingerprint density at radius 1 is 1.45 bits per heavy atom. The number of hydrogen-bond acceptors (Lipinski definition) is 7. The van der Waals surface area contributed by atoms with Gasteiger partial charge < -0.3 is 25.0 Å². The summed E-state index contributed by atoms with van der Waals surface area (Å²) in [5, 5.41) is 28.9. The summed E-state index contributed by atoms with van der Waals surface area (Å²) in [7, 11) is 0. The van der Waals surface area contributed by atoms with Crippen molar-refractivity contribution in [3.63, 3.8) is 0 Å². The van der Waals surface area contributed by atoms with Crippen LogP contribution in [0.1, 0.15) is 6.23 Å². The summed E-state index contributed by atoms with van der Waals surface area (Å²) in [6.45, 7) is -0.438. The molecule has 0 amide bonds. The molecule has 2 aromatic heterocycles. The normalized spacial score (nSPS) is 30.2. The average molecular weight is 347 g/mol. The smallest absolute Gasteiger partial charge is 0.278 e. The second kappa shape index (κ2) is 4.90. The van der Waals surface area contributed by atoms with Crippen LogP contribution in [0.5, 0.6) is 0 Å². The third kappa shape index (κ3) is 1.88. The molecule has 10 heteroatoms. The number of halogens is 1. The van der Waals surface area contributed by atoms with Crippen LogP contribution < -0.4 is 5.56 Å². The lowest BCUT2D eigenvalue weighted by molar-refractivity contribution is -0.0521. The maximum absolute atomic E-state index is 11.6. The van der Waals surface area contributed by atoms with Crippen LogP contribution in [0, 0.1) is 0 Å². The molecule has 0 aliphatic carbocycles. The van der Waals surface area contributed by atoms with E-state index >= 15 is 0 Å². The van der Waals surface area contributed by atoms with Crippen LogP contribution in [0.15, 0.2) is 15.9 Å². The number of hydrogen-bond donors (Lipinski definition) is 4. The molecule has 9 nitrogen and oxygen atoms in total. The van der Waals surface area contributed by atoms with Crippen molar-refractivity contribution < 1.29 is 20.1 Å². The van der Waals surface area contributed by atoms with Crippen molar-refractivity contribution in [1.82, 2.24) is 19.5 Å². The highest BCUT2D eigenvalue weighted by molar-refractivity contribution is 9.10. The number of aromatic amines is 1. The third-order valence-electron chi connectivity index (χ3n) is 3.21. The highest BCUT2D eigenvalue weighted by Gasteiger charge is 2.44. The quantitative estimate of drug-likeness (QED) is 0.486. The molecule has 20 heavy (non-hydrogen) atoms. The van der Waals surface area contributed by atoms with E-state index in [0.717, 1.165) is 0 Å². The van der Waals surface area contributed by atoms with E-state index in [1.807, 2.05) is 0 Å². The van der Waals surface area contributed by atoms with Gasteiger partial charge in [0.05, 0.1) is 12.9 Å². The number of aliphatic hydroxyl groups excluding tert-OH is 3. The summed E-state index contributed by atoms with van der Waals surface area (Å²) in [4.78, 5) is 22.0. The van der Waals surface area contributed by atoms with Gasteiger partial charge in [0.25, 0.3) is 5.56 Å². The van der Waals surface area contributed by atoms with Gasteiger partial charge in [-0.1, -0.05) is 0 Å². The van der Waals surface area contributed by atoms with Crippen molar-refractivity contribution in [2.24, 2.45) is 0 Å². The minimum atomic E-state index is -1.28. The molecule has 1 saturated heterocycles. The zero-order valence-electron chi connectivity index (χ0n) is 9.97. The monoisotopic (exact) mass is 346 g/mol.